The van der Waals surface area contributed by atoms with Crippen LogP contribution in [0, 0.1) is 0 Å². The highest BCUT2D eigenvalue weighted by Crippen LogP contribution is 2.16. The lowest BCUT2D eigenvalue weighted by atomic mass is 10.2. The van der Waals surface area contributed by atoms with Crippen molar-refractivity contribution in [2.24, 2.45) is 5.73 Å². The molecule has 116 valence electrons. The van der Waals surface area contributed by atoms with E-state index in [2.05, 4.69) is 19.8 Å². The van der Waals surface area contributed by atoms with Crippen LogP contribution < -0.4 is 10.5 Å². The number of hydrogen-bond donors (Lipinski definition) is 3. The van der Waals surface area contributed by atoms with Crippen LogP contribution in [0.25, 0.3) is 0 Å². The zero-order valence-electron chi connectivity index (χ0n) is 11.9. The van der Waals surface area contributed by atoms with Gasteiger partial charge >= 0.3 is 0 Å². The Morgan fingerprint density at radius 2 is 2.33 bits per heavy atom. The number of aromatic nitrogens is 4. The lowest BCUT2D eigenvalue weighted by Crippen LogP contribution is -2.28. The predicted octanol–water partition coefficient (Wildman–Crippen LogP) is 0.385. The van der Waals surface area contributed by atoms with Crippen LogP contribution >= 0.6 is 0 Å². The maximum Gasteiger partial charge on any atom is 0.244 e. The molecule has 0 aromatic carbocycles. The largest absolute Gasteiger partial charge is 0.347 e. The summed E-state index contributed by atoms with van der Waals surface area (Å²) >= 11 is 0. The molecular formula is C12H20N6O2S. The molecule has 0 saturated heterocycles. The normalized spacial score (nSPS) is 13.4. The molecule has 0 aliphatic rings. The van der Waals surface area contributed by atoms with Gasteiger partial charge in [0.1, 0.15) is 10.7 Å². The van der Waals surface area contributed by atoms with E-state index in [4.69, 9.17) is 5.73 Å². The third-order valence-corrected chi connectivity index (χ3v) is 4.49. The van der Waals surface area contributed by atoms with Crippen molar-refractivity contribution in [2.45, 2.75) is 37.2 Å². The Hall–Kier alpha value is -1.71. The van der Waals surface area contributed by atoms with Crippen LogP contribution in [0.3, 0.4) is 0 Å². The van der Waals surface area contributed by atoms with E-state index in [1.54, 1.807) is 17.1 Å². The standard InChI is InChI=1S/C12H20N6O2S/c1-2-11(12-14-5-6-15-12)17-21(19,20)10-8-16-18(9-10)7-3-4-13/h5-6,8-9,11,17H,2-4,7,13H2,1H3,(H,14,15). The van der Waals surface area contributed by atoms with Crippen molar-refractivity contribution in [3.8, 4) is 0 Å². The second-order valence-electron chi connectivity index (χ2n) is 4.64. The molecule has 2 heterocycles. The number of aromatic amines is 1. The van der Waals surface area contributed by atoms with E-state index in [9.17, 15) is 8.42 Å². The zero-order valence-corrected chi connectivity index (χ0v) is 12.7. The van der Waals surface area contributed by atoms with Gasteiger partial charge in [-0.05, 0) is 19.4 Å². The Morgan fingerprint density at radius 3 is 2.95 bits per heavy atom. The predicted molar refractivity (Wildman–Crippen MR) is 77.8 cm³/mol. The van der Waals surface area contributed by atoms with E-state index in [0.29, 0.717) is 25.3 Å². The summed E-state index contributed by atoms with van der Waals surface area (Å²) in [5.41, 5.74) is 5.42. The van der Waals surface area contributed by atoms with Crippen molar-refractivity contribution in [1.82, 2.24) is 24.5 Å². The molecule has 4 N–H and O–H groups in total. The van der Waals surface area contributed by atoms with E-state index in [-0.39, 0.29) is 4.90 Å². The van der Waals surface area contributed by atoms with Gasteiger partial charge < -0.3 is 10.7 Å². The topological polar surface area (TPSA) is 119 Å². The molecule has 0 spiro atoms. The van der Waals surface area contributed by atoms with Gasteiger partial charge in [0, 0.05) is 25.1 Å². The fourth-order valence-electron chi connectivity index (χ4n) is 1.91. The van der Waals surface area contributed by atoms with E-state index < -0.39 is 16.1 Å². The highest BCUT2D eigenvalue weighted by Gasteiger charge is 2.23. The summed E-state index contributed by atoms with van der Waals surface area (Å²) in [6.45, 7) is 3.03. The van der Waals surface area contributed by atoms with Crippen LogP contribution in [-0.2, 0) is 16.6 Å². The van der Waals surface area contributed by atoms with Crippen LogP contribution in [0.4, 0.5) is 0 Å². The number of imidazole rings is 1. The molecule has 9 heteroatoms. The summed E-state index contributed by atoms with van der Waals surface area (Å²) in [6.07, 6.45) is 7.45. The first-order valence-corrected chi connectivity index (χ1v) is 8.29. The summed E-state index contributed by atoms with van der Waals surface area (Å²) in [5, 5.41) is 4.03. The molecule has 2 aromatic rings. The van der Waals surface area contributed by atoms with Crippen LogP contribution in [0.5, 0.6) is 0 Å². The van der Waals surface area contributed by atoms with E-state index in [1.807, 2.05) is 6.92 Å². The fraction of sp³-hybridized carbons (Fsp3) is 0.500. The highest BCUT2D eigenvalue weighted by atomic mass is 32.2. The Balaban J connectivity index is 2.12. The maximum absolute atomic E-state index is 12.4. The number of sulfonamides is 1. The first kappa shape index (κ1) is 15.7. The second-order valence-corrected chi connectivity index (χ2v) is 6.35. The van der Waals surface area contributed by atoms with Crippen molar-refractivity contribution >= 4 is 10.0 Å². The molecular weight excluding hydrogens is 292 g/mol. The summed E-state index contributed by atoms with van der Waals surface area (Å²) in [4.78, 5) is 7.16. The Bertz CT molecular complexity index is 649. The average molecular weight is 312 g/mol. The first-order valence-electron chi connectivity index (χ1n) is 6.81. The molecule has 0 fully saturated rings. The van der Waals surface area contributed by atoms with Gasteiger partial charge in [0.25, 0.3) is 0 Å². The van der Waals surface area contributed by atoms with Gasteiger partial charge in [-0.1, -0.05) is 6.92 Å². The van der Waals surface area contributed by atoms with Crippen LogP contribution in [-0.4, -0.2) is 34.7 Å². The summed E-state index contributed by atoms with van der Waals surface area (Å²) < 4.78 is 28.9. The quantitative estimate of drug-likeness (QED) is 0.651. The number of nitrogens with two attached hydrogens (primary N) is 1. The van der Waals surface area contributed by atoms with Crippen molar-refractivity contribution < 1.29 is 8.42 Å². The summed E-state index contributed by atoms with van der Waals surface area (Å²) in [5.74, 6) is 0.594. The molecule has 0 saturated carbocycles. The molecule has 0 bridgehead atoms. The molecule has 0 amide bonds. The van der Waals surface area contributed by atoms with Crippen molar-refractivity contribution in [3.63, 3.8) is 0 Å². The molecule has 0 aliphatic carbocycles. The minimum atomic E-state index is -3.63. The number of hydrogen-bond acceptors (Lipinski definition) is 5. The molecule has 1 unspecified atom stereocenters. The Labute approximate surface area is 123 Å². The highest BCUT2D eigenvalue weighted by molar-refractivity contribution is 7.89. The molecule has 21 heavy (non-hydrogen) atoms. The maximum atomic E-state index is 12.4. The Morgan fingerprint density at radius 1 is 1.52 bits per heavy atom. The summed E-state index contributed by atoms with van der Waals surface area (Å²) in [6, 6.07) is -0.391. The van der Waals surface area contributed by atoms with E-state index >= 15 is 0 Å². The molecule has 0 radical (unpaired) electrons. The van der Waals surface area contributed by atoms with Crippen molar-refractivity contribution in [3.05, 3.63) is 30.6 Å². The minimum absolute atomic E-state index is 0.143. The zero-order chi connectivity index (χ0) is 15.3. The van der Waals surface area contributed by atoms with Gasteiger partial charge in [-0.3, -0.25) is 4.68 Å². The van der Waals surface area contributed by atoms with Crippen LogP contribution in [0.15, 0.2) is 29.7 Å². The SMILES string of the molecule is CCC(NS(=O)(=O)c1cnn(CCCN)c1)c1ncc[nH]1. The van der Waals surface area contributed by atoms with Gasteiger partial charge in [0.15, 0.2) is 0 Å². The van der Waals surface area contributed by atoms with Gasteiger partial charge in [-0.15, -0.1) is 0 Å². The smallest absolute Gasteiger partial charge is 0.244 e. The molecule has 8 nitrogen and oxygen atoms in total. The lowest BCUT2D eigenvalue weighted by Gasteiger charge is -2.13. The molecule has 1 atom stereocenters. The van der Waals surface area contributed by atoms with E-state index in [0.717, 1.165) is 6.42 Å². The molecule has 2 aromatic heterocycles. The van der Waals surface area contributed by atoms with E-state index in [1.165, 1.54) is 12.4 Å². The van der Waals surface area contributed by atoms with Gasteiger partial charge in [0.05, 0.1) is 12.2 Å². The lowest BCUT2D eigenvalue weighted by molar-refractivity contribution is 0.538. The van der Waals surface area contributed by atoms with Gasteiger partial charge in [-0.25, -0.2) is 18.1 Å². The number of rotatable bonds is 8. The van der Waals surface area contributed by atoms with Crippen LogP contribution in [0.1, 0.15) is 31.6 Å². The monoisotopic (exact) mass is 312 g/mol. The minimum Gasteiger partial charge on any atom is -0.347 e. The third kappa shape index (κ3) is 3.90. The number of aryl methyl sites for hydroxylation is 1. The average Bonchev–Trinajstić information content (AvgIpc) is 3.13. The number of nitrogens with zero attached hydrogens (tertiary/aromatic N) is 3. The van der Waals surface area contributed by atoms with Gasteiger partial charge in [0.2, 0.25) is 10.0 Å². The Kier molecular flexibility index (Phi) is 5.10. The van der Waals surface area contributed by atoms with Gasteiger partial charge in [-0.2, -0.15) is 5.10 Å². The van der Waals surface area contributed by atoms with Crippen molar-refractivity contribution in [1.29, 1.82) is 0 Å². The number of nitrogens with one attached hydrogen (secondary N) is 2. The molecule has 0 aliphatic heterocycles. The summed E-state index contributed by atoms with van der Waals surface area (Å²) in [7, 11) is -3.63. The molecule has 2 rings (SSSR count). The third-order valence-electron chi connectivity index (χ3n) is 3.07. The first-order chi connectivity index (χ1) is 10.1. The van der Waals surface area contributed by atoms with Crippen LogP contribution in [0.2, 0.25) is 0 Å². The fourth-order valence-corrected chi connectivity index (χ4v) is 3.15. The number of H-pyrrole nitrogens is 1. The van der Waals surface area contributed by atoms with Crippen molar-refractivity contribution in [2.75, 3.05) is 6.54 Å². The second kappa shape index (κ2) is 6.83.